The molecule has 0 fully saturated rings. The molecule has 3 aromatic carbocycles. The Kier molecular flexibility index (Phi) is 7.08. The van der Waals surface area contributed by atoms with Gasteiger partial charge < -0.3 is 5.32 Å². The summed E-state index contributed by atoms with van der Waals surface area (Å²) in [6.45, 7) is 0.0467. The van der Waals surface area contributed by atoms with E-state index in [1.165, 1.54) is 4.31 Å². The molecule has 0 unspecified atom stereocenters. The third-order valence-electron chi connectivity index (χ3n) is 4.26. The van der Waals surface area contributed by atoms with Gasteiger partial charge in [-0.05, 0) is 57.9 Å². The van der Waals surface area contributed by atoms with Gasteiger partial charge in [0.25, 0.3) is 5.91 Å². The fourth-order valence-corrected chi connectivity index (χ4v) is 4.48. The lowest BCUT2D eigenvalue weighted by atomic mass is 10.1. The molecule has 0 saturated carbocycles. The van der Waals surface area contributed by atoms with E-state index in [1.807, 2.05) is 18.2 Å². The van der Waals surface area contributed by atoms with Crippen LogP contribution >= 0.6 is 39.1 Å². The lowest BCUT2D eigenvalue weighted by Crippen LogP contribution is -2.29. The molecule has 0 heterocycles. The molecule has 1 amide bonds. The number of carbonyl (C=O) groups is 1. The normalized spacial score (nSPS) is 11.2. The third kappa shape index (κ3) is 5.35. The first-order valence-corrected chi connectivity index (χ1v) is 12.1. The molecule has 5 nitrogen and oxygen atoms in total. The summed E-state index contributed by atoms with van der Waals surface area (Å²) in [5.41, 5.74) is 2.09. The van der Waals surface area contributed by atoms with Gasteiger partial charge in [0, 0.05) is 10.0 Å². The van der Waals surface area contributed by atoms with Crippen molar-refractivity contribution < 1.29 is 13.2 Å². The highest BCUT2D eigenvalue weighted by molar-refractivity contribution is 9.10. The molecule has 1 N–H and O–H groups in total. The number of nitrogens with one attached hydrogen (secondary N) is 1. The highest BCUT2D eigenvalue weighted by atomic mass is 79.9. The highest BCUT2D eigenvalue weighted by Gasteiger charge is 2.21. The Balaban J connectivity index is 1.82. The Labute approximate surface area is 193 Å². The number of nitrogens with zero attached hydrogens (tertiary/aromatic N) is 1. The fraction of sp³-hybridized carbons (Fsp3) is 0.0952. The largest absolute Gasteiger partial charge is 0.321 e. The van der Waals surface area contributed by atoms with Crippen molar-refractivity contribution in [2.24, 2.45) is 0 Å². The van der Waals surface area contributed by atoms with Crippen LogP contribution in [-0.2, 0) is 16.6 Å². The van der Waals surface area contributed by atoms with Crippen molar-refractivity contribution in [3.63, 3.8) is 0 Å². The average molecular weight is 528 g/mol. The molecule has 0 aromatic heterocycles. The average Bonchev–Trinajstić information content (AvgIpc) is 2.70. The minimum atomic E-state index is -3.62. The second kappa shape index (κ2) is 9.39. The number of amides is 1. The van der Waals surface area contributed by atoms with E-state index in [0.29, 0.717) is 22.5 Å². The second-order valence-corrected chi connectivity index (χ2v) is 10.0. The van der Waals surface area contributed by atoms with E-state index < -0.39 is 10.0 Å². The minimum Gasteiger partial charge on any atom is -0.321 e. The number of hydrogen-bond acceptors (Lipinski definition) is 3. The highest BCUT2D eigenvalue weighted by Crippen LogP contribution is 2.34. The van der Waals surface area contributed by atoms with Crippen LogP contribution in [0, 0.1) is 0 Å². The minimum absolute atomic E-state index is 0.0467. The molecule has 3 rings (SSSR count). The number of carbonyl (C=O) groups excluding carboxylic acids is 1. The van der Waals surface area contributed by atoms with Crippen molar-refractivity contribution >= 4 is 66.4 Å². The topological polar surface area (TPSA) is 66.5 Å². The van der Waals surface area contributed by atoms with Crippen molar-refractivity contribution in [1.82, 2.24) is 0 Å². The van der Waals surface area contributed by atoms with Crippen LogP contribution in [0.15, 0.2) is 71.2 Å². The van der Waals surface area contributed by atoms with Crippen molar-refractivity contribution in [2.75, 3.05) is 15.9 Å². The Morgan fingerprint density at radius 3 is 2.30 bits per heavy atom. The number of sulfonamides is 1. The molecule has 0 aliphatic rings. The summed E-state index contributed by atoms with van der Waals surface area (Å²) in [6.07, 6.45) is 1.10. The Morgan fingerprint density at radius 1 is 1.00 bits per heavy atom. The van der Waals surface area contributed by atoms with E-state index in [1.54, 1.807) is 48.5 Å². The summed E-state index contributed by atoms with van der Waals surface area (Å²) in [5, 5.41) is 3.25. The molecule has 0 aliphatic heterocycles. The molecule has 0 atom stereocenters. The van der Waals surface area contributed by atoms with Crippen molar-refractivity contribution in [3.8, 4) is 0 Å². The van der Waals surface area contributed by atoms with Crippen LogP contribution < -0.4 is 9.62 Å². The molecule has 0 radical (unpaired) electrons. The molecule has 3 aromatic rings. The lowest BCUT2D eigenvalue weighted by Gasteiger charge is -2.24. The monoisotopic (exact) mass is 526 g/mol. The zero-order valence-corrected chi connectivity index (χ0v) is 19.7. The van der Waals surface area contributed by atoms with Crippen LogP contribution in [0.5, 0.6) is 0 Å². The number of anilines is 2. The smallest absolute Gasteiger partial charge is 0.255 e. The third-order valence-corrected chi connectivity index (χ3v) is 6.89. The predicted octanol–water partition coefficient (Wildman–Crippen LogP) is 5.97. The van der Waals surface area contributed by atoms with Crippen LogP contribution in [0.2, 0.25) is 10.0 Å². The number of benzene rings is 3. The molecular formula is C21H17BrCl2N2O3S. The number of halogens is 3. The van der Waals surface area contributed by atoms with Crippen LogP contribution in [0.4, 0.5) is 11.4 Å². The summed E-state index contributed by atoms with van der Waals surface area (Å²) < 4.78 is 26.7. The summed E-state index contributed by atoms with van der Waals surface area (Å²) in [4.78, 5) is 12.5. The summed E-state index contributed by atoms with van der Waals surface area (Å²) >= 11 is 15.7. The Hall–Kier alpha value is -2.06. The quantitative estimate of drug-likeness (QED) is 0.429. The first-order chi connectivity index (χ1) is 14.2. The summed E-state index contributed by atoms with van der Waals surface area (Å²) in [7, 11) is -3.62. The van der Waals surface area contributed by atoms with E-state index in [9.17, 15) is 13.2 Å². The van der Waals surface area contributed by atoms with Crippen LogP contribution in [0.1, 0.15) is 15.9 Å². The summed E-state index contributed by atoms with van der Waals surface area (Å²) in [6, 6.07) is 18.8. The SMILES string of the molecule is CS(=O)(=O)N(Cc1ccc(C(=O)Nc2ccccc2Br)cc1)c1cccc(Cl)c1Cl. The van der Waals surface area contributed by atoms with Crippen molar-refractivity contribution in [1.29, 1.82) is 0 Å². The maximum absolute atomic E-state index is 12.5. The van der Waals surface area contributed by atoms with Gasteiger partial charge >= 0.3 is 0 Å². The van der Waals surface area contributed by atoms with Gasteiger partial charge in [0.05, 0.1) is 34.2 Å². The van der Waals surface area contributed by atoms with Crippen molar-refractivity contribution in [2.45, 2.75) is 6.54 Å². The fourth-order valence-electron chi connectivity index (χ4n) is 2.75. The molecule has 156 valence electrons. The van der Waals surface area contributed by atoms with E-state index in [4.69, 9.17) is 23.2 Å². The molecule has 0 bridgehead atoms. The second-order valence-electron chi connectivity index (χ2n) is 6.47. The molecule has 0 spiro atoms. The van der Waals surface area contributed by atoms with Crippen LogP contribution in [0.25, 0.3) is 0 Å². The molecule has 0 aliphatic carbocycles. The van der Waals surface area contributed by atoms with Gasteiger partial charge in [-0.25, -0.2) is 8.42 Å². The standard InChI is InChI=1S/C21H17BrCl2N2O3S/c1-30(28,29)26(19-8-4-6-17(23)20(19)24)13-14-9-11-15(12-10-14)21(27)25-18-7-3-2-5-16(18)22/h2-12H,13H2,1H3,(H,25,27). The van der Waals surface area contributed by atoms with Gasteiger partial charge in [-0.1, -0.05) is 53.5 Å². The van der Waals surface area contributed by atoms with Gasteiger partial charge in [-0.2, -0.15) is 0 Å². The van der Waals surface area contributed by atoms with Gasteiger partial charge in [-0.3, -0.25) is 9.10 Å². The van der Waals surface area contributed by atoms with Gasteiger partial charge in [0.2, 0.25) is 10.0 Å². The first-order valence-electron chi connectivity index (χ1n) is 8.73. The molecule has 0 saturated heterocycles. The van der Waals surface area contributed by atoms with Crippen LogP contribution in [0.3, 0.4) is 0 Å². The van der Waals surface area contributed by atoms with E-state index in [-0.39, 0.29) is 22.5 Å². The lowest BCUT2D eigenvalue weighted by molar-refractivity contribution is 0.102. The zero-order valence-electron chi connectivity index (χ0n) is 15.8. The van der Waals surface area contributed by atoms with E-state index in [2.05, 4.69) is 21.2 Å². The predicted molar refractivity (Wildman–Crippen MR) is 126 cm³/mol. The van der Waals surface area contributed by atoms with Crippen LogP contribution in [-0.4, -0.2) is 20.6 Å². The molecule has 9 heteroatoms. The molecular weight excluding hydrogens is 511 g/mol. The Bertz CT molecular complexity index is 1190. The molecule has 30 heavy (non-hydrogen) atoms. The van der Waals surface area contributed by atoms with E-state index >= 15 is 0 Å². The number of para-hydroxylation sites is 1. The maximum atomic E-state index is 12.5. The zero-order chi connectivity index (χ0) is 21.9. The van der Waals surface area contributed by atoms with Gasteiger partial charge in [0.15, 0.2) is 0 Å². The first kappa shape index (κ1) is 22.6. The van der Waals surface area contributed by atoms with Crippen molar-refractivity contribution in [3.05, 3.63) is 92.4 Å². The number of rotatable bonds is 6. The number of hydrogen-bond donors (Lipinski definition) is 1. The van der Waals surface area contributed by atoms with Gasteiger partial charge in [-0.15, -0.1) is 0 Å². The summed E-state index contributed by atoms with van der Waals surface area (Å²) in [5.74, 6) is -0.272. The maximum Gasteiger partial charge on any atom is 0.255 e. The van der Waals surface area contributed by atoms with E-state index in [0.717, 1.165) is 10.7 Å². The van der Waals surface area contributed by atoms with Gasteiger partial charge in [0.1, 0.15) is 0 Å². The Morgan fingerprint density at radius 2 is 1.67 bits per heavy atom.